The van der Waals surface area contributed by atoms with Gasteiger partial charge < -0.3 is 9.29 Å². The molecule has 0 aliphatic carbocycles. The first-order valence-electron chi connectivity index (χ1n) is 3.50. The van der Waals surface area contributed by atoms with E-state index in [1.165, 1.54) is 6.92 Å². The van der Waals surface area contributed by atoms with E-state index in [1.807, 2.05) is 0 Å². The van der Waals surface area contributed by atoms with E-state index in [2.05, 4.69) is 11.3 Å². The predicted octanol–water partition coefficient (Wildman–Crippen LogP) is -3.78. The molecule has 0 aromatic carbocycles. The Bertz CT molecular complexity index is 358. The van der Waals surface area contributed by atoms with Gasteiger partial charge in [-0.2, -0.15) is 0 Å². The maximum Gasteiger partial charge on any atom is 1.00 e. The summed E-state index contributed by atoms with van der Waals surface area (Å²) in [5, 5.41) is 0. The van der Waals surface area contributed by atoms with Crippen molar-refractivity contribution in [2.24, 2.45) is 0 Å². The van der Waals surface area contributed by atoms with Crippen molar-refractivity contribution in [3.05, 3.63) is 12.2 Å². The van der Waals surface area contributed by atoms with Gasteiger partial charge in [-0.05, 0) is 6.92 Å². The molecule has 0 saturated heterocycles. The molecule has 80 valence electrons. The van der Waals surface area contributed by atoms with Gasteiger partial charge in [0.15, 0.2) is 12.4 Å². The molecule has 0 N–H and O–H groups in total. The number of hydrogen-bond donors (Lipinski definition) is 0. The molecule has 0 bridgehead atoms. The van der Waals surface area contributed by atoms with E-state index >= 15 is 0 Å². The average molecular weight is 244 g/mol. The van der Waals surface area contributed by atoms with Crippen molar-refractivity contribution in [1.29, 1.82) is 0 Å². The molecule has 0 aromatic heterocycles. The van der Waals surface area contributed by atoms with Crippen molar-refractivity contribution >= 4 is 21.9 Å². The number of ether oxygens (including phenoxy) is 1. The molecule has 0 aliphatic rings. The first-order chi connectivity index (χ1) is 6.22. The van der Waals surface area contributed by atoms with Crippen LogP contribution < -0.4 is 29.6 Å². The van der Waals surface area contributed by atoms with E-state index < -0.39 is 34.2 Å². The third kappa shape index (κ3) is 10.1. The Labute approximate surface area is 110 Å². The summed E-state index contributed by atoms with van der Waals surface area (Å²) in [6, 6.07) is 0. The molecular weight excluding hydrogens is 235 g/mol. The molecular formula is C7H9NaO6S. The third-order valence-electron chi connectivity index (χ3n) is 1.05. The topological polar surface area (TPSA) is 101 Å². The Morgan fingerprint density at radius 2 is 1.87 bits per heavy atom. The van der Waals surface area contributed by atoms with Crippen LogP contribution in [-0.2, 0) is 24.4 Å². The van der Waals surface area contributed by atoms with Crippen LogP contribution in [0.25, 0.3) is 0 Å². The monoisotopic (exact) mass is 244 g/mol. The zero-order valence-electron chi connectivity index (χ0n) is 8.48. The number of carbonyl (C=O) groups is 2. The molecule has 0 spiro atoms. The molecule has 0 rings (SSSR count). The summed E-state index contributed by atoms with van der Waals surface area (Å²) >= 11 is 0. The molecule has 0 fully saturated rings. The number of rotatable bonds is 5. The fraction of sp³-hybridized carbons (Fsp3) is 0.429. The van der Waals surface area contributed by atoms with Gasteiger partial charge in [0.25, 0.3) is 0 Å². The second kappa shape index (κ2) is 7.13. The Balaban J connectivity index is 0. The van der Waals surface area contributed by atoms with Gasteiger partial charge in [0.1, 0.15) is 15.9 Å². The van der Waals surface area contributed by atoms with Crippen LogP contribution in [0.4, 0.5) is 0 Å². The number of carbonyl (C=O) groups excluding carboxylic acids is 2. The first-order valence-corrected chi connectivity index (χ1v) is 5.08. The third-order valence-corrected chi connectivity index (χ3v) is 1.73. The summed E-state index contributed by atoms with van der Waals surface area (Å²) in [7, 11) is -4.60. The molecule has 8 heteroatoms. The second-order valence-corrected chi connectivity index (χ2v) is 4.00. The molecule has 0 aliphatic heterocycles. The summed E-state index contributed by atoms with van der Waals surface area (Å²) in [6.45, 7) is 3.88. The molecule has 0 atom stereocenters. The van der Waals surface area contributed by atoms with Crippen LogP contribution in [0.3, 0.4) is 0 Å². The van der Waals surface area contributed by atoms with E-state index in [-0.39, 0.29) is 35.1 Å². The molecule has 6 nitrogen and oxygen atoms in total. The van der Waals surface area contributed by atoms with Crippen LogP contribution in [-0.4, -0.2) is 37.1 Å². The molecule has 0 amide bonds. The predicted molar refractivity (Wildman–Crippen MR) is 45.3 cm³/mol. The van der Waals surface area contributed by atoms with Crippen LogP contribution in [0, 0.1) is 0 Å². The minimum atomic E-state index is -4.60. The fourth-order valence-corrected chi connectivity index (χ4v) is 0.986. The standard InChI is InChI=1S/C7H10O6S.Na/c1-5(2)7(9)13-3-6(8)4-14(10,11)12;/h1,3-4H2,2H3,(H,10,11,12);/q;+1/p-1. The van der Waals surface area contributed by atoms with E-state index in [4.69, 9.17) is 0 Å². The molecule has 15 heavy (non-hydrogen) atoms. The summed E-state index contributed by atoms with van der Waals surface area (Å²) < 4.78 is 34.6. The number of ketones is 1. The minimum absolute atomic E-state index is 0. The first kappa shape index (κ1) is 17.2. The van der Waals surface area contributed by atoms with Gasteiger partial charge in [0.2, 0.25) is 0 Å². The summed E-state index contributed by atoms with van der Waals surface area (Å²) in [5.41, 5.74) is 0.0859. The van der Waals surface area contributed by atoms with Gasteiger partial charge in [-0.15, -0.1) is 0 Å². The number of hydrogen-bond acceptors (Lipinski definition) is 6. The Hall–Kier alpha value is -0.210. The van der Waals surface area contributed by atoms with Crippen molar-refractivity contribution in [1.82, 2.24) is 0 Å². The normalized spacial score (nSPS) is 10.0. The average Bonchev–Trinajstić information content (AvgIpc) is 1.96. The molecule has 0 radical (unpaired) electrons. The van der Waals surface area contributed by atoms with Crippen LogP contribution in [0.5, 0.6) is 0 Å². The number of esters is 1. The maximum atomic E-state index is 10.7. The largest absolute Gasteiger partial charge is 1.00 e. The summed E-state index contributed by atoms with van der Waals surface area (Å²) in [4.78, 5) is 21.4. The van der Waals surface area contributed by atoms with E-state index in [1.54, 1.807) is 0 Å². The van der Waals surface area contributed by atoms with Crippen molar-refractivity contribution in [2.75, 3.05) is 12.4 Å². The molecule has 0 aromatic rings. The molecule has 0 heterocycles. The van der Waals surface area contributed by atoms with Crippen molar-refractivity contribution < 1.29 is 56.9 Å². The zero-order valence-corrected chi connectivity index (χ0v) is 11.3. The summed E-state index contributed by atoms with van der Waals surface area (Å²) in [5.74, 6) is -2.94. The number of Topliss-reactive ketones (excluding diaryl/α,β-unsaturated/α-hetero) is 1. The van der Waals surface area contributed by atoms with E-state index in [0.717, 1.165) is 0 Å². The quantitative estimate of drug-likeness (QED) is 0.213. The van der Waals surface area contributed by atoms with Crippen LogP contribution in [0.2, 0.25) is 0 Å². The smallest absolute Gasteiger partial charge is 0.748 e. The van der Waals surface area contributed by atoms with Gasteiger partial charge >= 0.3 is 35.5 Å². The molecule has 0 saturated carbocycles. The van der Waals surface area contributed by atoms with Crippen molar-refractivity contribution in [3.8, 4) is 0 Å². The van der Waals surface area contributed by atoms with Gasteiger partial charge in [0.05, 0.1) is 0 Å². The zero-order chi connectivity index (χ0) is 11.4. The summed E-state index contributed by atoms with van der Waals surface area (Å²) in [6.07, 6.45) is 0. The van der Waals surface area contributed by atoms with Crippen molar-refractivity contribution in [3.63, 3.8) is 0 Å². The maximum absolute atomic E-state index is 10.7. The van der Waals surface area contributed by atoms with Gasteiger partial charge in [0, 0.05) is 5.57 Å². The van der Waals surface area contributed by atoms with E-state index in [0.29, 0.717) is 0 Å². The SMILES string of the molecule is C=C(C)C(=O)OCC(=O)CS(=O)(=O)[O-].[Na+]. The van der Waals surface area contributed by atoms with E-state index in [9.17, 15) is 22.6 Å². The Morgan fingerprint density at radius 3 is 2.20 bits per heavy atom. The van der Waals surface area contributed by atoms with Gasteiger partial charge in [-0.25, -0.2) is 13.2 Å². The Kier molecular flexibility index (Phi) is 8.17. The second-order valence-electron chi connectivity index (χ2n) is 2.60. The van der Waals surface area contributed by atoms with Crippen LogP contribution in [0.1, 0.15) is 6.92 Å². The van der Waals surface area contributed by atoms with Crippen LogP contribution in [0.15, 0.2) is 12.2 Å². The minimum Gasteiger partial charge on any atom is -0.748 e. The van der Waals surface area contributed by atoms with Crippen LogP contribution >= 0.6 is 0 Å². The molecule has 0 unspecified atom stereocenters. The van der Waals surface area contributed by atoms with Crippen molar-refractivity contribution in [2.45, 2.75) is 6.92 Å². The van der Waals surface area contributed by atoms with Gasteiger partial charge in [-0.1, -0.05) is 6.58 Å². The Morgan fingerprint density at radius 1 is 1.40 bits per heavy atom. The fourth-order valence-electron chi connectivity index (χ4n) is 0.508. The van der Waals surface area contributed by atoms with Gasteiger partial charge in [-0.3, -0.25) is 4.79 Å².